The van der Waals surface area contributed by atoms with Crippen molar-refractivity contribution < 1.29 is 17.9 Å². The van der Waals surface area contributed by atoms with Gasteiger partial charge in [0, 0.05) is 12.7 Å². The first-order valence-electron chi connectivity index (χ1n) is 9.41. The number of fused-ring (bicyclic) bond motifs is 1. The molecule has 0 saturated heterocycles. The summed E-state index contributed by atoms with van der Waals surface area (Å²) in [4.78, 5) is 25.8. The Balaban J connectivity index is 1.71. The summed E-state index contributed by atoms with van der Waals surface area (Å²) >= 11 is 0. The Morgan fingerprint density at radius 1 is 1.03 bits per heavy atom. The maximum absolute atomic E-state index is 13.0. The van der Waals surface area contributed by atoms with Crippen molar-refractivity contribution in [2.24, 2.45) is 0 Å². The summed E-state index contributed by atoms with van der Waals surface area (Å²) in [7, 11) is 1.50. The van der Waals surface area contributed by atoms with Crippen molar-refractivity contribution in [2.75, 3.05) is 13.7 Å². The first-order valence-corrected chi connectivity index (χ1v) is 9.41. The van der Waals surface area contributed by atoms with Crippen LogP contribution in [-0.2, 0) is 17.8 Å². The van der Waals surface area contributed by atoms with E-state index in [0.29, 0.717) is 16.5 Å². The normalized spacial score (nSPS) is 11.5. The van der Waals surface area contributed by atoms with E-state index >= 15 is 0 Å². The molecule has 2 aromatic heterocycles. The van der Waals surface area contributed by atoms with Crippen LogP contribution in [0.3, 0.4) is 0 Å². The zero-order valence-corrected chi connectivity index (χ0v) is 16.5. The van der Waals surface area contributed by atoms with Crippen LogP contribution in [0.15, 0.2) is 62.5 Å². The van der Waals surface area contributed by atoms with Crippen LogP contribution in [0, 0.1) is 0 Å². The molecule has 2 aromatic carbocycles. The fourth-order valence-electron chi connectivity index (χ4n) is 3.28. The molecule has 0 bridgehead atoms. The second kappa shape index (κ2) is 8.60. The van der Waals surface area contributed by atoms with E-state index in [1.54, 1.807) is 48.5 Å². The third-order valence-corrected chi connectivity index (χ3v) is 4.82. The van der Waals surface area contributed by atoms with Gasteiger partial charge in [0.1, 0.15) is 0 Å². The number of nitrogens with zero attached hydrogens (tertiary/aromatic N) is 4. The average molecular weight is 428 g/mol. The van der Waals surface area contributed by atoms with Crippen LogP contribution in [0.2, 0.25) is 0 Å². The summed E-state index contributed by atoms with van der Waals surface area (Å²) in [5.74, 6) is -0.756. The van der Waals surface area contributed by atoms with Crippen molar-refractivity contribution in [1.29, 1.82) is 0 Å². The van der Waals surface area contributed by atoms with E-state index in [1.807, 2.05) is 0 Å². The Hall–Kier alpha value is -3.66. The minimum atomic E-state index is -2.84. The highest BCUT2D eigenvalue weighted by molar-refractivity contribution is 5.77. The summed E-state index contributed by atoms with van der Waals surface area (Å²) in [6, 6.07) is 13.6. The highest BCUT2D eigenvalue weighted by Crippen LogP contribution is 2.23. The Bertz CT molecular complexity index is 1330. The number of halogens is 2. The van der Waals surface area contributed by atoms with Crippen molar-refractivity contribution in [1.82, 2.24) is 19.3 Å². The number of hydrogen-bond donors (Lipinski definition) is 0. The van der Waals surface area contributed by atoms with E-state index in [2.05, 4.69) is 10.2 Å². The maximum atomic E-state index is 13.0. The lowest BCUT2D eigenvalue weighted by atomic mass is 10.1. The van der Waals surface area contributed by atoms with Crippen molar-refractivity contribution in [3.63, 3.8) is 0 Å². The molecule has 0 spiro atoms. The lowest BCUT2D eigenvalue weighted by Crippen LogP contribution is -2.41. The van der Waals surface area contributed by atoms with E-state index in [1.165, 1.54) is 11.7 Å². The van der Waals surface area contributed by atoms with Crippen molar-refractivity contribution >= 4 is 10.9 Å². The van der Waals surface area contributed by atoms with Gasteiger partial charge in [-0.2, -0.15) is 8.78 Å². The molecule has 0 amide bonds. The standard InChI is InChI=1S/C21H18F2N4O4/c1-30-11-10-26-20(28)15-4-2-3-5-16(15)27(21(26)29)12-13-6-8-14(9-7-13)18-24-25-19(31-18)17(22)23/h2-9,17H,10-12H2,1H3. The lowest BCUT2D eigenvalue weighted by Gasteiger charge is -2.14. The zero-order chi connectivity index (χ0) is 22.0. The van der Waals surface area contributed by atoms with Gasteiger partial charge >= 0.3 is 12.1 Å². The molecule has 8 nitrogen and oxygen atoms in total. The van der Waals surface area contributed by atoms with Gasteiger partial charge in [0.15, 0.2) is 0 Å². The third kappa shape index (κ3) is 4.02. The van der Waals surface area contributed by atoms with E-state index in [-0.39, 0.29) is 31.1 Å². The molecule has 10 heteroatoms. The summed E-state index contributed by atoms with van der Waals surface area (Å²) in [5.41, 5.74) is 0.958. The Morgan fingerprint density at radius 3 is 2.45 bits per heavy atom. The second-order valence-corrected chi connectivity index (χ2v) is 6.78. The first-order chi connectivity index (χ1) is 15.0. The molecule has 0 saturated carbocycles. The van der Waals surface area contributed by atoms with Gasteiger partial charge in [0.2, 0.25) is 5.89 Å². The SMILES string of the molecule is COCCn1c(=O)c2ccccc2n(Cc2ccc(-c3nnc(C(F)F)o3)cc2)c1=O. The average Bonchev–Trinajstić information content (AvgIpc) is 3.28. The second-order valence-electron chi connectivity index (χ2n) is 6.78. The minimum Gasteiger partial charge on any atom is -0.415 e. The van der Waals surface area contributed by atoms with Crippen LogP contribution in [-0.4, -0.2) is 33.0 Å². The van der Waals surface area contributed by atoms with Crippen LogP contribution >= 0.6 is 0 Å². The number of methoxy groups -OCH3 is 1. The molecule has 0 N–H and O–H groups in total. The number of ether oxygens (including phenoxy) is 1. The summed E-state index contributed by atoms with van der Waals surface area (Å²) in [6.45, 7) is 0.577. The first kappa shape index (κ1) is 20.6. The zero-order valence-electron chi connectivity index (χ0n) is 16.5. The van der Waals surface area contributed by atoms with Crippen molar-refractivity contribution in [2.45, 2.75) is 19.5 Å². The largest absolute Gasteiger partial charge is 0.415 e. The summed E-state index contributed by atoms with van der Waals surface area (Å²) in [6.07, 6.45) is -2.84. The van der Waals surface area contributed by atoms with Gasteiger partial charge in [0.05, 0.1) is 30.6 Å². The Kier molecular flexibility index (Phi) is 5.72. The van der Waals surface area contributed by atoms with E-state index in [9.17, 15) is 18.4 Å². The molecule has 4 aromatic rings. The molecule has 160 valence electrons. The van der Waals surface area contributed by atoms with Crippen LogP contribution in [0.4, 0.5) is 8.78 Å². The van der Waals surface area contributed by atoms with Crippen molar-refractivity contribution in [3.05, 3.63) is 80.8 Å². The summed E-state index contributed by atoms with van der Waals surface area (Å²) in [5, 5.41) is 7.37. The highest BCUT2D eigenvalue weighted by Gasteiger charge is 2.17. The van der Waals surface area contributed by atoms with Gasteiger partial charge in [-0.1, -0.05) is 24.3 Å². The predicted octanol–water partition coefficient (Wildman–Crippen LogP) is 2.85. The van der Waals surface area contributed by atoms with Gasteiger partial charge in [-0.15, -0.1) is 10.2 Å². The molecule has 0 fully saturated rings. The smallest absolute Gasteiger partial charge is 0.331 e. The van der Waals surface area contributed by atoms with Crippen LogP contribution in [0.1, 0.15) is 17.9 Å². The highest BCUT2D eigenvalue weighted by atomic mass is 19.3. The molecule has 0 atom stereocenters. The van der Waals surface area contributed by atoms with Gasteiger partial charge in [-0.3, -0.25) is 13.9 Å². The quantitative estimate of drug-likeness (QED) is 0.450. The van der Waals surface area contributed by atoms with Gasteiger partial charge in [0.25, 0.3) is 11.4 Å². The number of alkyl halides is 2. The number of aromatic nitrogens is 4. The fourth-order valence-corrected chi connectivity index (χ4v) is 3.28. The summed E-state index contributed by atoms with van der Waals surface area (Å²) < 4.78 is 37.9. The molecule has 0 aliphatic carbocycles. The van der Waals surface area contributed by atoms with Gasteiger partial charge < -0.3 is 9.15 Å². The number of hydrogen-bond acceptors (Lipinski definition) is 6. The van der Waals surface area contributed by atoms with Crippen LogP contribution in [0.5, 0.6) is 0 Å². The van der Waals surface area contributed by atoms with Gasteiger partial charge in [-0.25, -0.2) is 4.79 Å². The lowest BCUT2D eigenvalue weighted by molar-refractivity contribution is 0.116. The van der Waals surface area contributed by atoms with Crippen LogP contribution < -0.4 is 11.2 Å². The van der Waals surface area contributed by atoms with Crippen molar-refractivity contribution in [3.8, 4) is 11.5 Å². The molecular formula is C21H18F2N4O4. The fraction of sp³-hybridized carbons (Fsp3) is 0.238. The number of benzene rings is 2. The molecule has 4 rings (SSSR count). The van der Waals surface area contributed by atoms with Crippen LogP contribution in [0.25, 0.3) is 22.4 Å². The molecule has 0 unspecified atom stereocenters. The Labute approximate surface area is 174 Å². The molecule has 0 radical (unpaired) electrons. The van der Waals surface area contributed by atoms with E-state index in [4.69, 9.17) is 9.15 Å². The number of rotatable bonds is 7. The monoisotopic (exact) mass is 428 g/mol. The predicted molar refractivity (Wildman–Crippen MR) is 108 cm³/mol. The molecule has 2 heterocycles. The molecule has 0 aliphatic rings. The topological polar surface area (TPSA) is 92.2 Å². The van der Waals surface area contributed by atoms with Gasteiger partial charge in [-0.05, 0) is 29.8 Å². The van der Waals surface area contributed by atoms with E-state index < -0.39 is 18.0 Å². The molecular weight excluding hydrogens is 410 g/mol. The maximum Gasteiger partial charge on any atom is 0.331 e. The molecule has 31 heavy (non-hydrogen) atoms. The Morgan fingerprint density at radius 2 is 1.77 bits per heavy atom. The minimum absolute atomic E-state index is 0.0161. The third-order valence-electron chi connectivity index (χ3n) is 4.82. The van der Waals surface area contributed by atoms with E-state index in [0.717, 1.165) is 10.1 Å². The molecule has 0 aliphatic heterocycles. The number of para-hydroxylation sites is 1.